The third kappa shape index (κ3) is 6.68. The van der Waals surface area contributed by atoms with Gasteiger partial charge in [-0.2, -0.15) is 0 Å². The van der Waals surface area contributed by atoms with Crippen LogP contribution in [0.5, 0.6) is 0 Å². The van der Waals surface area contributed by atoms with Gasteiger partial charge in [0.1, 0.15) is 6.10 Å². The van der Waals surface area contributed by atoms with Crippen LogP contribution in [0.3, 0.4) is 0 Å². The van der Waals surface area contributed by atoms with Crippen molar-refractivity contribution in [3.8, 4) is 0 Å². The quantitative estimate of drug-likeness (QED) is 0.415. The molecule has 190 valence electrons. The molecule has 6 nitrogen and oxygen atoms in total. The Kier molecular flexibility index (Phi) is 9.20. The maximum atomic E-state index is 10.4. The van der Waals surface area contributed by atoms with Crippen LogP contribution in [0, 0.1) is 17.3 Å². The Hall–Kier alpha value is -0.760. The van der Waals surface area contributed by atoms with Gasteiger partial charge in [-0.25, -0.2) is 0 Å². The molecule has 0 aliphatic heterocycles. The Labute approximate surface area is 199 Å². The minimum absolute atomic E-state index is 0.116. The lowest BCUT2D eigenvalue weighted by atomic mass is 9.62. The van der Waals surface area contributed by atoms with Crippen molar-refractivity contribution in [2.75, 3.05) is 19.8 Å². The summed E-state index contributed by atoms with van der Waals surface area (Å²) in [6.07, 6.45) is 9.91. The van der Waals surface area contributed by atoms with Crippen molar-refractivity contribution in [1.82, 2.24) is 0 Å². The van der Waals surface area contributed by atoms with Crippen molar-refractivity contribution >= 4 is 0 Å². The molecule has 3 aliphatic carbocycles. The van der Waals surface area contributed by atoms with Crippen LogP contribution >= 0.6 is 0 Å². The second-order valence-electron chi connectivity index (χ2n) is 11.4. The summed E-state index contributed by atoms with van der Waals surface area (Å²) in [7, 11) is 0. The SMILES string of the molecule is C[C@@H](OCCC(C)(C)O)C1CCC2/C(=C/C=C3C[C@@H](O)C(OCCO)[C@H](O)C3)CCCC21C. The summed E-state index contributed by atoms with van der Waals surface area (Å²) in [5.74, 6) is 1.07. The Morgan fingerprint density at radius 2 is 1.82 bits per heavy atom. The van der Waals surface area contributed by atoms with Gasteiger partial charge >= 0.3 is 0 Å². The standard InChI is InChI=1S/C27H46O6/c1-18(32-14-12-26(2,3)31)21-9-10-22-20(6-5-11-27(21,22)4)8-7-19-16-23(29)25(24(30)17-19)33-15-13-28/h7-8,18,21-25,28-31H,5-6,9-17H2,1-4H3/b19-7?,20-8+/t18-,21?,22?,23-,24-,25?,27?/m1/s1. The number of hydrogen-bond donors (Lipinski definition) is 4. The molecule has 3 aliphatic rings. The fourth-order valence-corrected chi connectivity index (χ4v) is 6.54. The Morgan fingerprint density at radius 3 is 2.45 bits per heavy atom. The zero-order chi connectivity index (χ0) is 24.2. The summed E-state index contributed by atoms with van der Waals surface area (Å²) < 4.78 is 11.6. The van der Waals surface area contributed by atoms with Gasteiger partial charge in [-0.15, -0.1) is 0 Å². The molecular weight excluding hydrogens is 420 g/mol. The monoisotopic (exact) mass is 466 g/mol. The van der Waals surface area contributed by atoms with E-state index in [4.69, 9.17) is 14.6 Å². The molecule has 4 N–H and O–H groups in total. The van der Waals surface area contributed by atoms with Crippen LogP contribution in [-0.2, 0) is 9.47 Å². The number of rotatable bonds is 9. The first kappa shape index (κ1) is 26.8. The second kappa shape index (κ2) is 11.3. The van der Waals surface area contributed by atoms with E-state index in [9.17, 15) is 15.3 Å². The topological polar surface area (TPSA) is 99.4 Å². The highest BCUT2D eigenvalue weighted by Gasteiger charge is 2.51. The zero-order valence-corrected chi connectivity index (χ0v) is 21.0. The lowest BCUT2D eigenvalue weighted by Gasteiger charge is -2.44. The summed E-state index contributed by atoms with van der Waals surface area (Å²) in [5, 5.41) is 39.8. The van der Waals surface area contributed by atoms with Crippen molar-refractivity contribution in [3.63, 3.8) is 0 Å². The lowest BCUT2D eigenvalue weighted by Crippen LogP contribution is -2.44. The number of hydrogen-bond acceptors (Lipinski definition) is 6. The Morgan fingerprint density at radius 1 is 1.12 bits per heavy atom. The molecule has 0 aromatic carbocycles. The number of fused-ring (bicyclic) bond motifs is 1. The van der Waals surface area contributed by atoms with E-state index in [1.807, 2.05) is 13.8 Å². The van der Waals surface area contributed by atoms with Gasteiger partial charge in [0.25, 0.3) is 0 Å². The molecule has 6 heteroatoms. The van der Waals surface area contributed by atoms with E-state index in [-0.39, 0.29) is 24.7 Å². The van der Waals surface area contributed by atoms with E-state index in [1.54, 1.807) is 0 Å². The highest BCUT2D eigenvalue weighted by atomic mass is 16.5. The van der Waals surface area contributed by atoms with Crippen LogP contribution in [0.15, 0.2) is 23.3 Å². The van der Waals surface area contributed by atoms with E-state index in [0.29, 0.717) is 37.7 Å². The second-order valence-corrected chi connectivity index (χ2v) is 11.4. The van der Waals surface area contributed by atoms with Gasteiger partial charge in [0.2, 0.25) is 0 Å². The molecule has 0 spiro atoms. The van der Waals surface area contributed by atoms with Crippen molar-refractivity contribution in [2.24, 2.45) is 17.3 Å². The first-order valence-electron chi connectivity index (χ1n) is 12.9. The molecule has 33 heavy (non-hydrogen) atoms. The highest BCUT2D eigenvalue weighted by Crippen LogP contribution is 2.58. The third-order valence-corrected chi connectivity index (χ3v) is 8.33. The molecule has 0 bridgehead atoms. The fourth-order valence-electron chi connectivity index (χ4n) is 6.54. The normalized spacial score (nSPS) is 37.3. The molecule has 3 fully saturated rings. The van der Waals surface area contributed by atoms with Gasteiger partial charge in [-0.1, -0.05) is 30.2 Å². The van der Waals surface area contributed by atoms with Gasteiger partial charge in [0.05, 0.1) is 37.1 Å². The first-order valence-corrected chi connectivity index (χ1v) is 12.9. The first-order chi connectivity index (χ1) is 15.5. The maximum Gasteiger partial charge on any atom is 0.110 e. The minimum atomic E-state index is -0.751. The molecule has 0 amide bonds. The highest BCUT2D eigenvalue weighted by molar-refractivity contribution is 5.26. The van der Waals surface area contributed by atoms with Crippen molar-refractivity contribution in [2.45, 2.75) is 109 Å². The van der Waals surface area contributed by atoms with Gasteiger partial charge in [0, 0.05) is 6.61 Å². The molecule has 0 saturated heterocycles. The van der Waals surface area contributed by atoms with Crippen LogP contribution in [0.25, 0.3) is 0 Å². The predicted molar refractivity (Wildman–Crippen MR) is 129 cm³/mol. The van der Waals surface area contributed by atoms with E-state index in [0.717, 1.165) is 12.0 Å². The van der Waals surface area contributed by atoms with Gasteiger partial charge in [0.15, 0.2) is 0 Å². The average Bonchev–Trinajstić information content (AvgIpc) is 3.08. The number of aliphatic hydroxyl groups is 4. The number of aliphatic hydroxyl groups excluding tert-OH is 3. The molecule has 0 radical (unpaired) electrons. The lowest BCUT2D eigenvalue weighted by molar-refractivity contribution is -0.115. The molecule has 6 atom stereocenters. The molecule has 0 heterocycles. The van der Waals surface area contributed by atoms with Crippen LogP contribution in [0.4, 0.5) is 0 Å². The Bertz CT molecular complexity index is 681. The predicted octanol–water partition coefficient (Wildman–Crippen LogP) is 3.51. The van der Waals surface area contributed by atoms with Crippen LogP contribution < -0.4 is 0 Å². The maximum absolute atomic E-state index is 10.4. The molecule has 3 saturated carbocycles. The minimum Gasteiger partial charge on any atom is -0.394 e. The summed E-state index contributed by atoms with van der Waals surface area (Å²) in [6, 6.07) is 0. The van der Waals surface area contributed by atoms with Gasteiger partial charge in [-0.3, -0.25) is 0 Å². The van der Waals surface area contributed by atoms with Crippen LogP contribution in [0.2, 0.25) is 0 Å². The summed E-state index contributed by atoms with van der Waals surface area (Å²) in [6.45, 7) is 8.88. The molecule has 0 aromatic rings. The van der Waals surface area contributed by atoms with Crippen LogP contribution in [0.1, 0.15) is 79.1 Å². The average molecular weight is 467 g/mol. The van der Waals surface area contributed by atoms with Gasteiger partial charge < -0.3 is 29.9 Å². The van der Waals surface area contributed by atoms with E-state index < -0.39 is 23.9 Å². The molecular formula is C27H46O6. The molecule has 0 aromatic heterocycles. The van der Waals surface area contributed by atoms with E-state index >= 15 is 0 Å². The smallest absolute Gasteiger partial charge is 0.110 e. The fraction of sp³-hybridized carbons (Fsp3) is 0.852. The summed E-state index contributed by atoms with van der Waals surface area (Å²) in [4.78, 5) is 0. The molecule has 3 unspecified atom stereocenters. The van der Waals surface area contributed by atoms with Crippen LogP contribution in [-0.4, -0.2) is 70.3 Å². The number of ether oxygens (including phenoxy) is 2. The third-order valence-electron chi connectivity index (χ3n) is 8.33. The summed E-state index contributed by atoms with van der Waals surface area (Å²) in [5.41, 5.74) is 2.08. The van der Waals surface area contributed by atoms with Crippen molar-refractivity contribution in [1.29, 1.82) is 0 Å². The van der Waals surface area contributed by atoms with E-state index in [2.05, 4.69) is 26.0 Å². The van der Waals surface area contributed by atoms with Gasteiger partial charge in [-0.05, 0) is 89.4 Å². The largest absolute Gasteiger partial charge is 0.394 e. The zero-order valence-electron chi connectivity index (χ0n) is 21.0. The summed E-state index contributed by atoms with van der Waals surface area (Å²) >= 11 is 0. The Balaban J connectivity index is 1.64. The van der Waals surface area contributed by atoms with Crippen molar-refractivity contribution < 1.29 is 29.9 Å². The number of allylic oxidation sites excluding steroid dienone is 3. The molecule has 3 rings (SSSR count). The van der Waals surface area contributed by atoms with Crippen molar-refractivity contribution in [3.05, 3.63) is 23.3 Å². The van der Waals surface area contributed by atoms with E-state index in [1.165, 1.54) is 31.3 Å².